The first-order valence-electron chi connectivity index (χ1n) is 7.80. The molecule has 0 aliphatic carbocycles. The van der Waals surface area contributed by atoms with Crippen LogP contribution in [0.25, 0.3) is 0 Å². The molecule has 0 unspecified atom stereocenters. The number of rotatable bonds is 6. The number of aromatic amines is 1. The highest BCUT2D eigenvalue weighted by atomic mass is 35.5. The van der Waals surface area contributed by atoms with Crippen LogP contribution in [0.3, 0.4) is 0 Å². The molecular formula is C18H17ClN4O2S. The molecule has 3 aromatic rings. The topological polar surface area (TPSA) is 64.4 Å². The number of hydrogen-bond acceptors (Lipinski definition) is 5. The van der Waals surface area contributed by atoms with Gasteiger partial charge in [-0.2, -0.15) is 14.9 Å². The van der Waals surface area contributed by atoms with Crippen molar-refractivity contribution >= 4 is 30.0 Å². The van der Waals surface area contributed by atoms with Crippen LogP contribution in [0, 0.1) is 11.7 Å². The van der Waals surface area contributed by atoms with E-state index in [-0.39, 0.29) is 0 Å². The molecule has 0 saturated heterocycles. The minimum Gasteiger partial charge on any atom is -0.493 e. The summed E-state index contributed by atoms with van der Waals surface area (Å²) in [7, 11) is 1.60. The number of hydrogen-bond donors (Lipinski definition) is 1. The number of aryl methyl sites for hydroxylation is 1. The van der Waals surface area contributed by atoms with Crippen LogP contribution in [0.5, 0.6) is 11.5 Å². The van der Waals surface area contributed by atoms with Crippen LogP contribution in [-0.2, 0) is 6.61 Å². The number of nitrogens with zero attached hydrogens (tertiary/aromatic N) is 3. The summed E-state index contributed by atoms with van der Waals surface area (Å²) >= 11 is 11.1. The molecule has 1 aromatic heterocycles. The number of H-pyrrole nitrogens is 1. The quantitative estimate of drug-likeness (QED) is 0.503. The lowest BCUT2D eigenvalue weighted by atomic mass is 10.2. The minimum absolute atomic E-state index is 0.397. The lowest BCUT2D eigenvalue weighted by Crippen LogP contribution is -1.99. The molecule has 0 amide bonds. The van der Waals surface area contributed by atoms with Crippen molar-refractivity contribution < 1.29 is 9.47 Å². The van der Waals surface area contributed by atoms with E-state index in [1.165, 1.54) is 0 Å². The normalized spacial score (nSPS) is 11.0. The van der Waals surface area contributed by atoms with Crippen LogP contribution in [0.15, 0.2) is 47.6 Å². The third-order valence-corrected chi connectivity index (χ3v) is 4.10. The highest BCUT2D eigenvalue weighted by Crippen LogP contribution is 2.28. The smallest absolute Gasteiger partial charge is 0.216 e. The Bertz CT molecular complexity index is 997. The van der Waals surface area contributed by atoms with Crippen molar-refractivity contribution in [3.63, 3.8) is 0 Å². The van der Waals surface area contributed by atoms with E-state index in [0.29, 0.717) is 33.7 Å². The molecule has 0 fully saturated rings. The van der Waals surface area contributed by atoms with E-state index in [1.807, 2.05) is 49.4 Å². The average Bonchev–Trinajstić information content (AvgIpc) is 2.96. The van der Waals surface area contributed by atoms with Crippen molar-refractivity contribution in [3.8, 4) is 11.5 Å². The Kier molecular flexibility index (Phi) is 5.70. The highest BCUT2D eigenvalue weighted by Gasteiger charge is 2.06. The first-order chi connectivity index (χ1) is 12.6. The standard InChI is InChI=1S/C18H17ClN4O2S/c1-12-21-22-18(26)23(12)20-10-13-6-7-16(17(9-13)24-2)25-11-14-4-3-5-15(19)8-14/h3-10H,11H2,1-2H3,(H,22,26)/b20-10-. The Balaban J connectivity index is 1.76. The van der Waals surface area contributed by atoms with Crippen LogP contribution in [0.1, 0.15) is 17.0 Å². The van der Waals surface area contributed by atoms with Gasteiger partial charge in [0.25, 0.3) is 0 Å². The molecule has 134 valence electrons. The van der Waals surface area contributed by atoms with Gasteiger partial charge in [0.1, 0.15) is 12.4 Å². The van der Waals surface area contributed by atoms with E-state index >= 15 is 0 Å². The van der Waals surface area contributed by atoms with Gasteiger partial charge in [0.15, 0.2) is 11.5 Å². The highest BCUT2D eigenvalue weighted by molar-refractivity contribution is 7.71. The lowest BCUT2D eigenvalue weighted by Gasteiger charge is -2.11. The molecule has 0 radical (unpaired) electrons. The maximum Gasteiger partial charge on any atom is 0.216 e. The predicted molar refractivity (Wildman–Crippen MR) is 104 cm³/mol. The number of halogens is 1. The van der Waals surface area contributed by atoms with Crippen molar-refractivity contribution in [2.24, 2.45) is 5.10 Å². The zero-order valence-electron chi connectivity index (χ0n) is 14.3. The predicted octanol–water partition coefficient (Wildman–Crippen LogP) is 4.37. The van der Waals surface area contributed by atoms with Crippen LogP contribution < -0.4 is 9.47 Å². The molecule has 3 rings (SSSR count). The van der Waals surface area contributed by atoms with Gasteiger partial charge in [0.05, 0.1) is 13.3 Å². The van der Waals surface area contributed by atoms with Gasteiger partial charge in [-0.15, -0.1) is 0 Å². The fraction of sp³-hybridized carbons (Fsp3) is 0.167. The summed E-state index contributed by atoms with van der Waals surface area (Å²) < 4.78 is 13.3. The Morgan fingerprint density at radius 3 is 2.81 bits per heavy atom. The summed E-state index contributed by atoms with van der Waals surface area (Å²) in [5, 5.41) is 11.7. The van der Waals surface area contributed by atoms with Gasteiger partial charge >= 0.3 is 0 Å². The molecule has 26 heavy (non-hydrogen) atoms. The SMILES string of the molecule is COc1cc(/C=N\n2c(C)n[nH]c2=S)ccc1OCc1cccc(Cl)c1. The first kappa shape index (κ1) is 18.2. The zero-order chi connectivity index (χ0) is 18.5. The fourth-order valence-electron chi connectivity index (χ4n) is 2.30. The maximum absolute atomic E-state index is 5.99. The van der Waals surface area contributed by atoms with E-state index < -0.39 is 0 Å². The maximum atomic E-state index is 5.99. The van der Waals surface area contributed by atoms with Gasteiger partial charge in [-0.25, -0.2) is 0 Å². The van der Waals surface area contributed by atoms with Gasteiger partial charge < -0.3 is 9.47 Å². The summed E-state index contributed by atoms with van der Waals surface area (Å²) in [6.07, 6.45) is 1.68. The Morgan fingerprint density at radius 2 is 2.12 bits per heavy atom. The Morgan fingerprint density at radius 1 is 1.27 bits per heavy atom. The molecule has 0 aliphatic rings. The largest absolute Gasteiger partial charge is 0.493 e. The third-order valence-electron chi connectivity index (χ3n) is 3.61. The third kappa shape index (κ3) is 4.30. The molecule has 8 heteroatoms. The molecule has 0 spiro atoms. The van der Waals surface area contributed by atoms with Crippen LogP contribution in [-0.4, -0.2) is 28.2 Å². The zero-order valence-corrected chi connectivity index (χ0v) is 15.8. The van der Waals surface area contributed by atoms with E-state index in [2.05, 4.69) is 15.3 Å². The molecule has 0 saturated carbocycles. The van der Waals surface area contributed by atoms with E-state index in [0.717, 1.165) is 11.1 Å². The van der Waals surface area contributed by atoms with Crippen molar-refractivity contribution in [1.82, 2.24) is 14.9 Å². The summed E-state index contributed by atoms with van der Waals surface area (Å²) in [6.45, 7) is 2.21. The van der Waals surface area contributed by atoms with Gasteiger partial charge in [0, 0.05) is 5.02 Å². The van der Waals surface area contributed by atoms with E-state index in [9.17, 15) is 0 Å². The molecular weight excluding hydrogens is 372 g/mol. The molecule has 1 heterocycles. The second-order valence-corrected chi connectivity index (χ2v) is 6.28. The number of methoxy groups -OCH3 is 1. The van der Waals surface area contributed by atoms with Crippen LogP contribution >= 0.6 is 23.8 Å². The van der Waals surface area contributed by atoms with Gasteiger partial charge in [-0.05, 0) is 60.6 Å². The van der Waals surface area contributed by atoms with Crippen molar-refractivity contribution in [1.29, 1.82) is 0 Å². The van der Waals surface area contributed by atoms with E-state index in [1.54, 1.807) is 18.0 Å². The molecule has 0 aliphatic heterocycles. The van der Waals surface area contributed by atoms with Crippen molar-refractivity contribution in [2.75, 3.05) is 7.11 Å². The number of ether oxygens (including phenoxy) is 2. The Labute approximate surface area is 161 Å². The first-order valence-corrected chi connectivity index (χ1v) is 8.59. The van der Waals surface area contributed by atoms with Crippen LogP contribution in [0.4, 0.5) is 0 Å². The van der Waals surface area contributed by atoms with Gasteiger partial charge in [0.2, 0.25) is 4.77 Å². The molecule has 0 atom stereocenters. The second kappa shape index (κ2) is 8.16. The van der Waals surface area contributed by atoms with Gasteiger partial charge in [-0.1, -0.05) is 23.7 Å². The second-order valence-electron chi connectivity index (χ2n) is 5.46. The Hall–Kier alpha value is -2.64. The summed E-state index contributed by atoms with van der Waals surface area (Å²) in [5.41, 5.74) is 1.83. The lowest BCUT2D eigenvalue weighted by molar-refractivity contribution is 0.284. The molecule has 2 aromatic carbocycles. The number of benzene rings is 2. The average molecular weight is 389 g/mol. The van der Waals surface area contributed by atoms with Crippen molar-refractivity contribution in [3.05, 3.63) is 69.2 Å². The molecule has 0 bridgehead atoms. The summed E-state index contributed by atoms with van der Waals surface area (Å²) in [6, 6.07) is 13.1. The summed E-state index contributed by atoms with van der Waals surface area (Å²) in [5.74, 6) is 1.93. The fourth-order valence-corrected chi connectivity index (χ4v) is 2.74. The van der Waals surface area contributed by atoms with Crippen LogP contribution in [0.2, 0.25) is 5.02 Å². The van der Waals surface area contributed by atoms with Crippen molar-refractivity contribution in [2.45, 2.75) is 13.5 Å². The number of aromatic nitrogens is 3. The van der Waals surface area contributed by atoms with E-state index in [4.69, 9.17) is 33.3 Å². The minimum atomic E-state index is 0.397. The van der Waals surface area contributed by atoms with Gasteiger partial charge in [-0.3, -0.25) is 5.10 Å². The molecule has 1 N–H and O–H groups in total. The monoisotopic (exact) mass is 388 g/mol. The number of nitrogens with one attached hydrogen (secondary N) is 1. The molecule has 6 nitrogen and oxygen atoms in total. The summed E-state index contributed by atoms with van der Waals surface area (Å²) in [4.78, 5) is 0.